The van der Waals surface area contributed by atoms with E-state index >= 15 is 0 Å². The molecule has 2 N–H and O–H groups in total. The summed E-state index contributed by atoms with van der Waals surface area (Å²) < 4.78 is 23.1. The van der Waals surface area contributed by atoms with Gasteiger partial charge in [-0.2, -0.15) is 0 Å². The molecule has 1 saturated heterocycles. The van der Waals surface area contributed by atoms with Gasteiger partial charge in [0, 0.05) is 55.1 Å². The van der Waals surface area contributed by atoms with E-state index in [-0.39, 0.29) is 40.4 Å². The quantitative estimate of drug-likeness (QED) is 0.199. The Morgan fingerprint density at radius 2 is 1.65 bits per heavy atom. The van der Waals surface area contributed by atoms with Crippen LogP contribution in [-0.2, 0) is 16.0 Å². The molecule has 0 radical (unpaired) electrons. The van der Waals surface area contributed by atoms with E-state index in [0.29, 0.717) is 56.2 Å². The number of fused-ring (bicyclic) bond motifs is 1. The maximum Gasteiger partial charge on any atom is 0.223 e. The van der Waals surface area contributed by atoms with Crippen molar-refractivity contribution in [2.24, 2.45) is 0 Å². The van der Waals surface area contributed by atoms with Gasteiger partial charge in [0.15, 0.2) is 5.43 Å². The molecule has 1 aliphatic rings. The summed E-state index contributed by atoms with van der Waals surface area (Å²) in [5.74, 6) is 0.0790. The highest BCUT2D eigenvalue weighted by Crippen LogP contribution is 2.43. The average molecular weight is 622 g/mol. The van der Waals surface area contributed by atoms with Crippen LogP contribution in [0.5, 0.6) is 23.0 Å². The van der Waals surface area contributed by atoms with Gasteiger partial charge in [-0.3, -0.25) is 9.59 Å². The second kappa shape index (κ2) is 13.8. The highest BCUT2D eigenvalue weighted by Gasteiger charge is 2.30. The number of hydrogen-bond acceptors (Lipinski definition) is 8. The molecule has 9 heteroatoms. The van der Waals surface area contributed by atoms with Crippen LogP contribution in [0, 0.1) is 0 Å². The highest BCUT2D eigenvalue weighted by molar-refractivity contribution is 5.91. The molecule has 0 unspecified atom stereocenters. The number of methoxy groups -OCH3 is 1. The first kappa shape index (κ1) is 30.7. The Bertz CT molecular complexity index is 1880. The molecular weight excluding hydrogens is 586 g/mol. The van der Waals surface area contributed by atoms with Crippen molar-refractivity contribution in [1.82, 2.24) is 4.90 Å². The lowest BCUT2D eigenvalue weighted by atomic mass is 9.85. The fraction of sp³-hybridized carbons (Fsp3) is 0.243. The lowest BCUT2D eigenvalue weighted by Gasteiger charge is -2.29. The summed E-state index contributed by atoms with van der Waals surface area (Å²) in [6, 6.07) is 26.7. The van der Waals surface area contributed by atoms with Crippen LogP contribution in [-0.4, -0.2) is 61.0 Å². The molecule has 236 valence electrons. The third kappa shape index (κ3) is 6.69. The number of phenolic OH excluding ortho intramolecular Hbond substituents is 2. The molecular formula is C37H35NO8. The summed E-state index contributed by atoms with van der Waals surface area (Å²) in [6.07, 6.45) is 0.645. The van der Waals surface area contributed by atoms with Crippen LogP contribution in [0.2, 0.25) is 0 Å². The molecule has 0 bridgehead atoms. The normalized spacial score (nSPS) is 13.8. The monoisotopic (exact) mass is 621 g/mol. The number of rotatable bonds is 10. The van der Waals surface area contributed by atoms with E-state index in [1.54, 1.807) is 24.1 Å². The van der Waals surface area contributed by atoms with Crippen LogP contribution < -0.4 is 14.9 Å². The van der Waals surface area contributed by atoms with Gasteiger partial charge in [0.05, 0.1) is 26.9 Å². The Morgan fingerprint density at radius 3 is 2.39 bits per heavy atom. The molecule has 1 aliphatic heterocycles. The number of phenols is 2. The van der Waals surface area contributed by atoms with Crippen molar-refractivity contribution in [3.8, 4) is 34.3 Å². The van der Waals surface area contributed by atoms with Gasteiger partial charge >= 0.3 is 0 Å². The summed E-state index contributed by atoms with van der Waals surface area (Å²) in [7, 11) is 1.63. The third-order valence-corrected chi connectivity index (χ3v) is 8.23. The van der Waals surface area contributed by atoms with Crippen molar-refractivity contribution in [2.45, 2.75) is 18.8 Å². The Kier molecular flexibility index (Phi) is 9.21. The third-order valence-electron chi connectivity index (χ3n) is 8.23. The summed E-state index contributed by atoms with van der Waals surface area (Å²) in [5, 5.41) is 22.1. The van der Waals surface area contributed by atoms with Gasteiger partial charge in [-0.05, 0) is 35.4 Å². The van der Waals surface area contributed by atoms with Gasteiger partial charge in [-0.15, -0.1) is 0 Å². The number of amides is 1. The zero-order valence-corrected chi connectivity index (χ0v) is 25.5. The standard InChI is InChI=1S/C37H35NO8/c1-43-27-12-10-24(11-13-27)14-17-45-28-9-5-8-26(20-28)29(21-34(42)38-15-18-44-19-16-38)35-30(39)22-31(40)36-32(41)23-33(46-37(35)36)25-6-3-2-4-7-25/h2-13,20,22-23,29,39-40H,14-19,21H2,1H3/t29-/m1/s1. The predicted molar refractivity (Wildman–Crippen MR) is 174 cm³/mol. The zero-order valence-electron chi connectivity index (χ0n) is 25.5. The summed E-state index contributed by atoms with van der Waals surface area (Å²) >= 11 is 0. The Hall–Kier alpha value is -5.28. The minimum Gasteiger partial charge on any atom is -0.507 e. The SMILES string of the molecule is COc1ccc(CCOc2cccc([C@@H](CC(=O)N3CCOCC3)c3c(O)cc(O)c4c(=O)cc(-c5ccccc5)oc34)c2)cc1. The number of ether oxygens (including phenoxy) is 3. The van der Waals surface area contributed by atoms with Crippen LogP contribution in [0.15, 0.2) is 100 Å². The molecule has 9 nitrogen and oxygen atoms in total. The van der Waals surface area contributed by atoms with E-state index in [2.05, 4.69) is 0 Å². The van der Waals surface area contributed by atoms with Crippen LogP contribution in [0.4, 0.5) is 0 Å². The van der Waals surface area contributed by atoms with Crippen LogP contribution in [0.3, 0.4) is 0 Å². The van der Waals surface area contributed by atoms with Gasteiger partial charge in [-0.1, -0.05) is 54.6 Å². The number of hydrogen-bond donors (Lipinski definition) is 2. The van der Waals surface area contributed by atoms with Crippen molar-refractivity contribution in [2.75, 3.05) is 40.0 Å². The van der Waals surface area contributed by atoms with Gasteiger partial charge in [0.25, 0.3) is 0 Å². The molecule has 46 heavy (non-hydrogen) atoms. The molecule has 6 rings (SSSR count). The van der Waals surface area contributed by atoms with Gasteiger partial charge in [0.1, 0.15) is 39.7 Å². The van der Waals surface area contributed by atoms with Crippen molar-refractivity contribution in [1.29, 1.82) is 0 Å². The number of aromatic hydroxyl groups is 2. The zero-order chi connectivity index (χ0) is 32.0. The molecule has 0 spiro atoms. The first-order valence-electron chi connectivity index (χ1n) is 15.2. The van der Waals surface area contributed by atoms with E-state index in [0.717, 1.165) is 17.4 Å². The highest BCUT2D eigenvalue weighted by atomic mass is 16.5. The molecule has 0 saturated carbocycles. The topological polar surface area (TPSA) is 119 Å². The van der Waals surface area contributed by atoms with E-state index in [1.165, 1.54) is 6.07 Å². The summed E-state index contributed by atoms with van der Waals surface area (Å²) in [5.41, 5.74) is 2.22. The molecule has 4 aromatic carbocycles. The maximum atomic E-state index is 13.7. The molecule has 1 aromatic heterocycles. The van der Waals surface area contributed by atoms with E-state index in [4.69, 9.17) is 18.6 Å². The molecule has 1 amide bonds. The van der Waals surface area contributed by atoms with Crippen molar-refractivity contribution < 1.29 is 33.6 Å². The van der Waals surface area contributed by atoms with Crippen LogP contribution in [0.1, 0.15) is 29.0 Å². The van der Waals surface area contributed by atoms with Crippen LogP contribution in [0.25, 0.3) is 22.3 Å². The number of morpholine rings is 1. The van der Waals surface area contributed by atoms with Crippen molar-refractivity contribution in [3.05, 3.63) is 118 Å². The predicted octanol–water partition coefficient (Wildman–Crippen LogP) is 5.88. The molecule has 1 fully saturated rings. The fourth-order valence-corrected chi connectivity index (χ4v) is 5.81. The minimum atomic E-state index is -0.738. The van der Waals surface area contributed by atoms with Gasteiger partial charge in [-0.25, -0.2) is 0 Å². The van der Waals surface area contributed by atoms with Crippen molar-refractivity contribution in [3.63, 3.8) is 0 Å². The maximum absolute atomic E-state index is 13.7. The molecule has 0 aliphatic carbocycles. The molecule has 1 atom stereocenters. The fourth-order valence-electron chi connectivity index (χ4n) is 5.81. The summed E-state index contributed by atoms with van der Waals surface area (Å²) in [6.45, 7) is 2.20. The second-order valence-electron chi connectivity index (χ2n) is 11.1. The van der Waals surface area contributed by atoms with Crippen LogP contribution >= 0.6 is 0 Å². The lowest BCUT2D eigenvalue weighted by Crippen LogP contribution is -2.41. The number of carbonyl (C=O) groups excluding carboxylic acids is 1. The summed E-state index contributed by atoms with van der Waals surface area (Å²) in [4.78, 5) is 28.8. The minimum absolute atomic E-state index is 0.0226. The first-order valence-corrected chi connectivity index (χ1v) is 15.2. The van der Waals surface area contributed by atoms with Gasteiger partial charge in [0.2, 0.25) is 5.91 Å². The van der Waals surface area contributed by atoms with Crippen molar-refractivity contribution >= 4 is 16.9 Å². The second-order valence-corrected chi connectivity index (χ2v) is 11.1. The Balaban J connectivity index is 1.40. The molecule has 2 heterocycles. The average Bonchev–Trinajstić information content (AvgIpc) is 3.08. The first-order chi connectivity index (χ1) is 22.4. The van der Waals surface area contributed by atoms with E-state index in [9.17, 15) is 19.8 Å². The number of benzene rings is 4. The number of carbonyl (C=O) groups is 1. The van der Waals surface area contributed by atoms with E-state index < -0.39 is 17.1 Å². The van der Waals surface area contributed by atoms with E-state index in [1.807, 2.05) is 66.7 Å². The Labute approximate surface area is 266 Å². The Morgan fingerprint density at radius 1 is 0.891 bits per heavy atom. The molecule has 5 aromatic rings. The largest absolute Gasteiger partial charge is 0.507 e. The number of nitrogens with zero attached hydrogens (tertiary/aromatic N) is 1. The smallest absolute Gasteiger partial charge is 0.223 e. The van der Waals surface area contributed by atoms with Gasteiger partial charge < -0.3 is 33.7 Å². The lowest BCUT2D eigenvalue weighted by molar-refractivity contribution is -0.135.